The Kier molecular flexibility index (Phi) is 29.8. The molecule has 0 bridgehead atoms. The monoisotopic (exact) mass is 828 g/mol. The molecule has 58 heavy (non-hydrogen) atoms. The summed E-state index contributed by atoms with van der Waals surface area (Å²) in [5, 5.41) is 29.9. The van der Waals surface area contributed by atoms with Gasteiger partial charge in [0.05, 0.1) is 57.2 Å². The van der Waals surface area contributed by atoms with Crippen LogP contribution in [0.15, 0.2) is 10.2 Å². The molecule has 328 valence electrons. The first-order chi connectivity index (χ1) is 27.1. The Balaban J connectivity index is 0. The van der Waals surface area contributed by atoms with E-state index in [9.17, 15) is 43.5 Å². The Bertz CT molecular complexity index is 1420. The van der Waals surface area contributed by atoms with E-state index in [4.69, 9.17) is 30.4 Å². The lowest BCUT2D eigenvalue weighted by Crippen LogP contribution is -2.41. The molecule has 0 aliphatic carbocycles. The van der Waals surface area contributed by atoms with Crippen molar-refractivity contribution in [3.63, 3.8) is 0 Å². The van der Waals surface area contributed by atoms with E-state index < -0.39 is 59.1 Å². The summed E-state index contributed by atoms with van der Waals surface area (Å²) in [6.07, 6.45) is 4.25. The highest BCUT2D eigenvalue weighted by atomic mass is 16.6. The van der Waals surface area contributed by atoms with Crippen molar-refractivity contribution < 1.29 is 67.5 Å². The minimum atomic E-state index is -1.12. The van der Waals surface area contributed by atoms with Crippen LogP contribution in [0.1, 0.15) is 131 Å². The summed E-state index contributed by atoms with van der Waals surface area (Å²) < 4.78 is 19.4. The zero-order valence-electron chi connectivity index (χ0n) is 34.4. The Labute approximate surface area is 337 Å². The Morgan fingerprint density at radius 3 is 1.48 bits per heavy atom. The number of nitrogens with one attached hydrogen (secondary N) is 2. The van der Waals surface area contributed by atoms with E-state index in [1.807, 2.05) is 0 Å². The molecular formula is C36H60N8O14. The number of hydrogen-bond donors (Lipinski definition) is 4. The Morgan fingerprint density at radius 1 is 0.690 bits per heavy atom. The van der Waals surface area contributed by atoms with E-state index in [0.29, 0.717) is 45.2 Å². The third-order valence-corrected chi connectivity index (χ3v) is 6.82. The van der Waals surface area contributed by atoms with Gasteiger partial charge in [-0.1, -0.05) is 23.1 Å². The second-order valence-electron chi connectivity index (χ2n) is 14.7. The zero-order valence-corrected chi connectivity index (χ0v) is 34.4. The highest BCUT2D eigenvalue weighted by molar-refractivity contribution is 5.92. The SMILES string of the molecule is CC(C)(C)OC(=O)CC(CO)NC(=O)CCCCCN=[N+]=[N-].CC(C)(C)OC(=O)C[C@H](COC(=O)CCC(=O)O)NC(=O)CCCCCN=[N+]=[N-].O=C1CCC(=O)O1. The molecule has 22 nitrogen and oxygen atoms in total. The molecule has 2 amide bonds. The van der Waals surface area contributed by atoms with Gasteiger partial charge in [0.25, 0.3) is 0 Å². The number of hydrogen-bond acceptors (Lipinski definition) is 15. The van der Waals surface area contributed by atoms with Gasteiger partial charge in [-0.15, -0.1) is 0 Å². The van der Waals surface area contributed by atoms with Gasteiger partial charge in [0.1, 0.15) is 17.8 Å². The number of esters is 5. The summed E-state index contributed by atoms with van der Waals surface area (Å²) in [7, 11) is 0. The lowest BCUT2D eigenvalue weighted by atomic mass is 10.1. The minimum absolute atomic E-state index is 0.0591. The van der Waals surface area contributed by atoms with Crippen LogP contribution in [0.3, 0.4) is 0 Å². The van der Waals surface area contributed by atoms with E-state index in [2.05, 4.69) is 35.4 Å². The first-order valence-electron chi connectivity index (χ1n) is 18.9. The molecule has 0 aromatic carbocycles. The number of aliphatic carboxylic acids is 1. The van der Waals surface area contributed by atoms with Crippen LogP contribution in [0.4, 0.5) is 0 Å². The lowest BCUT2D eigenvalue weighted by molar-refractivity contribution is -0.158. The van der Waals surface area contributed by atoms with Gasteiger partial charge in [0, 0.05) is 35.8 Å². The summed E-state index contributed by atoms with van der Waals surface area (Å²) >= 11 is 0. The molecule has 1 rings (SSSR count). The average Bonchev–Trinajstić information content (AvgIpc) is 3.49. The van der Waals surface area contributed by atoms with Crippen LogP contribution in [0.5, 0.6) is 0 Å². The fourth-order valence-corrected chi connectivity index (χ4v) is 4.37. The number of rotatable bonds is 24. The molecular weight excluding hydrogens is 768 g/mol. The van der Waals surface area contributed by atoms with Gasteiger partial charge in [-0.2, -0.15) is 0 Å². The quantitative estimate of drug-likeness (QED) is 0.0199. The smallest absolute Gasteiger partial charge is 0.314 e. The maximum absolute atomic E-state index is 12.1. The summed E-state index contributed by atoms with van der Waals surface area (Å²) in [5.41, 5.74) is 15.0. The number of amides is 2. The zero-order chi connectivity index (χ0) is 44.6. The molecule has 4 N–H and O–H groups in total. The number of azide groups is 2. The molecule has 0 aromatic rings. The summed E-state index contributed by atoms with van der Waals surface area (Å²) in [5.74, 6) is -4.19. The molecule has 0 radical (unpaired) electrons. The normalized spacial score (nSPS) is 12.9. The predicted molar refractivity (Wildman–Crippen MR) is 205 cm³/mol. The van der Waals surface area contributed by atoms with E-state index in [-0.39, 0.29) is 70.0 Å². The van der Waals surface area contributed by atoms with Crippen molar-refractivity contribution in [2.45, 2.75) is 155 Å². The Hall–Kier alpha value is -5.46. The molecule has 1 saturated heterocycles. The molecule has 0 saturated carbocycles. The van der Waals surface area contributed by atoms with Crippen molar-refractivity contribution in [3.05, 3.63) is 20.9 Å². The average molecular weight is 829 g/mol. The molecule has 0 spiro atoms. The van der Waals surface area contributed by atoms with E-state index in [0.717, 1.165) is 12.8 Å². The fourth-order valence-electron chi connectivity index (χ4n) is 4.37. The number of aliphatic hydroxyl groups excluding tert-OH is 1. The number of ether oxygens (including phenoxy) is 4. The molecule has 1 aliphatic rings. The number of unbranched alkanes of at least 4 members (excludes halogenated alkanes) is 4. The molecule has 2 atom stereocenters. The third kappa shape index (κ3) is 37.5. The number of nitrogens with zero attached hydrogens (tertiary/aromatic N) is 6. The number of aliphatic hydroxyl groups is 1. The van der Waals surface area contributed by atoms with Crippen molar-refractivity contribution >= 4 is 47.6 Å². The highest BCUT2D eigenvalue weighted by Crippen LogP contribution is 2.12. The van der Waals surface area contributed by atoms with Crippen LogP contribution < -0.4 is 10.6 Å². The van der Waals surface area contributed by atoms with Crippen molar-refractivity contribution in [3.8, 4) is 0 Å². The summed E-state index contributed by atoms with van der Waals surface area (Å²) in [4.78, 5) is 94.9. The molecule has 0 aromatic heterocycles. The van der Waals surface area contributed by atoms with Gasteiger partial charge in [-0.3, -0.25) is 38.4 Å². The van der Waals surface area contributed by atoms with Crippen molar-refractivity contribution in [2.24, 2.45) is 10.2 Å². The molecule has 1 aliphatic heterocycles. The van der Waals surface area contributed by atoms with E-state index in [1.165, 1.54) is 0 Å². The number of carboxylic acid groups (broad SMARTS) is 1. The molecule has 1 fully saturated rings. The molecule has 22 heteroatoms. The fraction of sp³-hybridized carbons (Fsp3) is 0.778. The first kappa shape index (κ1) is 54.6. The van der Waals surface area contributed by atoms with E-state index in [1.54, 1.807) is 41.5 Å². The van der Waals surface area contributed by atoms with Crippen molar-refractivity contribution in [1.82, 2.24) is 10.6 Å². The van der Waals surface area contributed by atoms with Gasteiger partial charge < -0.3 is 39.8 Å². The first-order valence-corrected chi connectivity index (χ1v) is 18.9. The largest absolute Gasteiger partial charge is 0.481 e. The Morgan fingerprint density at radius 2 is 1.12 bits per heavy atom. The second kappa shape index (κ2) is 31.6. The maximum Gasteiger partial charge on any atom is 0.314 e. The minimum Gasteiger partial charge on any atom is -0.481 e. The predicted octanol–water partition coefficient (Wildman–Crippen LogP) is 4.40. The molecule has 1 unspecified atom stereocenters. The highest BCUT2D eigenvalue weighted by Gasteiger charge is 2.24. The van der Waals surface area contributed by atoms with Crippen LogP contribution in [0, 0.1) is 0 Å². The standard InChI is InChI=1S/C18H30N4O7.C14H26N4O4.C4H4O3/c1-18(2,3)29-17(27)11-13(12-28-16(26)9-8-15(24)25)21-14(23)7-5-4-6-10-20-22-19;1-14(2,3)22-13(21)9-11(10-19)17-12(20)7-5-4-6-8-16-18-15;5-3-1-2-4(6)7-3/h13H,4-12H2,1-3H3,(H,21,23)(H,24,25);11,19H,4-10H2,1-3H3,(H,17,20);1-2H2/t13-;;/m1../s1. The van der Waals surface area contributed by atoms with Crippen molar-refractivity contribution in [1.29, 1.82) is 0 Å². The number of carbonyl (C=O) groups is 8. The summed E-state index contributed by atoms with van der Waals surface area (Å²) in [6, 6.07) is -1.42. The topological polar surface area (TPSA) is 336 Å². The lowest BCUT2D eigenvalue weighted by Gasteiger charge is -2.23. The summed E-state index contributed by atoms with van der Waals surface area (Å²) in [6.45, 7) is 10.6. The maximum atomic E-state index is 12.1. The number of cyclic esters (lactones) is 2. The van der Waals surface area contributed by atoms with Gasteiger partial charge in [0.15, 0.2) is 0 Å². The second-order valence-corrected chi connectivity index (χ2v) is 14.7. The van der Waals surface area contributed by atoms with Crippen LogP contribution >= 0.6 is 0 Å². The van der Waals surface area contributed by atoms with Crippen LogP contribution in [-0.2, 0) is 57.3 Å². The van der Waals surface area contributed by atoms with Crippen LogP contribution in [-0.4, -0.2) is 107 Å². The van der Waals surface area contributed by atoms with Crippen LogP contribution in [0.25, 0.3) is 20.9 Å². The number of carbonyl (C=O) groups excluding carboxylic acids is 7. The molecule has 1 heterocycles. The van der Waals surface area contributed by atoms with E-state index >= 15 is 0 Å². The van der Waals surface area contributed by atoms with Gasteiger partial charge in [0.2, 0.25) is 11.8 Å². The van der Waals surface area contributed by atoms with Gasteiger partial charge in [-0.05, 0) is 78.3 Å². The van der Waals surface area contributed by atoms with Crippen LogP contribution in [0.2, 0.25) is 0 Å². The number of carboxylic acids is 1. The third-order valence-electron chi connectivity index (χ3n) is 6.82. The van der Waals surface area contributed by atoms with Gasteiger partial charge >= 0.3 is 35.8 Å². The van der Waals surface area contributed by atoms with Gasteiger partial charge in [-0.25, -0.2) is 0 Å². The van der Waals surface area contributed by atoms with Crippen molar-refractivity contribution in [2.75, 3.05) is 26.3 Å².